The van der Waals surface area contributed by atoms with E-state index in [4.69, 9.17) is 9.52 Å². The van der Waals surface area contributed by atoms with E-state index in [1.165, 1.54) is 18.9 Å². The molecule has 1 aliphatic carbocycles. The van der Waals surface area contributed by atoms with Crippen molar-refractivity contribution >= 4 is 5.97 Å². The zero-order valence-corrected chi connectivity index (χ0v) is 9.40. The van der Waals surface area contributed by atoms with Crippen LogP contribution in [0.25, 0.3) is 0 Å². The summed E-state index contributed by atoms with van der Waals surface area (Å²) in [6, 6.07) is 3.20. The lowest BCUT2D eigenvalue weighted by Crippen LogP contribution is -2.21. The van der Waals surface area contributed by atoms with Crippen LogP contribution in [0.1, 0.15) is 36.1 Å². The fourth-order valence-corrected chi connectivity index (χ4v) is 1.84. The van der Waals surface area contributed by atoms with Crippen LogP contribution in [0.3, 0.4) is 0 Å². The first-order valence-corrected chi connectivity index (χ1v) is 5.69. The summed E-state index contributed by atoms with van der Waals surface area (Å²) in [7, 11) is 0. The van der Waals surface area contributed by atoms with Gasteiger partial charge in [-0.2, -0.15) is 0 Å². The molecule has 0 radical (unpaired) electrons. The highest BCUT2D eigenvalue weighted by Crippen LogP contribution is 2.36. The predicted molar refractivity (Wildman–Crippen MR) is 59.3 cm³/mol. The second-order valence-electron chi connectivity index (χ2n) is 4.52. The second-order valence-corrected chi connectivity index (χ2v) is 4.52. The van der Waals surface area contributed by atoms with Crippen LogP contribution in [0.2, 0.25) is 0 Å². The second kappa shape index (κ2) is 4.70. The Hall–Kier alpha value is -1.29. The van der Waals surface area contributed by atoms with Gasteiger partial charge < -0.3 is 14.8 Å². The highest BCUT2D eigenvalue weighted by atomic mass is 16.4. The summed E-state index contributed by atoms with van der Waals surface area (Å²) in [5.41, 5.74) is 0. The van der Waals surface area contributed by atoms with Crippen LogP contribution < -0.4 is 5.32 Å². The number of carboxylic acid groups (broad SMARTS) is 1. The standard InChI is InChI=1S/C12H17NO3/c1-8(9-2-3-9)6-13-7-10-4-5-11(16-10)12(14)15/h4-5,8-9,13H,2-3,6-7H2,1H3,(H,14,15). The Kier molecular flexibility index (Phi) is 3.29. The first-order chi connectivity index (χ1) is 7.66. The number of carboxylic acids is 1. The smallest absolute Gasteiger partial charge is 0.371 e. The largest absolute Gasteiger partial charge is 0.475 e. The van der Waals surface area contributed by atoms with Gasteiger partial charge >= 0.3 is 5.97 Å². The molecule has 1 aliphatic rings. The van der Waals surface area contributed by atoms with E-state index in [1.54, 1.807) is 6.07 Å². The average molecular weight is 223 g/mol. The number of furan rings is 1. The van der Waals surface area contributed by atoms with E-state index >= 15 is 0 Å². The Balaban J connectivity index is 1.73. The van der Waals surface area contributed by atoms with E-state index in [-0.39, 0.29) is 5.76 Å². The lowest BCUT2D eigenvalue weighted by molar-refractivity contribution is 0.0660. The van der Waals surface area contributed by atoms with Crippen LogP contribution in [0.5, 0.6) is 0 Å². The van der Waals surface area contributed by atoms with Crippen molar-refractivity contribution in [2.45, 2.75) is 26.3 Å². The molecule has 0 saturated heterocycles. The van der Waals surface area contributed by atoms with Gasteiger partial charge in [-0.25, -0.2) is 4.79 Å². The van der Waals surface area contributed by atoms with Crippen LogP contribution >= 0.6 is 0 Å². The Morgan fingerprint density at radius 1 is 1.62 bits per heavy atom. The van der Waals surface area contributed by atoms with Gasteiger partial charge in [0.05, 0.1) is 6.54 Å². The van der Waals surface area contributed by atoms with Crippen molar-refractivity contribution in [2.24, 2.45) is 11.8 Å². The average Bonchev–Trinajstić information content (AvgIpc) is 2.98. The topological polar surface area (TPSA) is 62.5 Å². The molecule has 1 atom stereocenters. The fourth-order valence-electron chi connectivity index (χ4n) is 1.84. The monoisotopic (exact) mass is 223 g/mol. The molecular weight excluding hydrogens is 206 g/mol. The zero-order chi connectivity index (χ0) is 11.5. The molecule has 0 aliphatic heterocycles. The molecule has 0 bridgehead atoms. The van der Waals surface area contributed by atoms with Gasteiger partial charge in [-0.15, -0.1) is 0 Å². The molecule has 1 fully saturated rings. The zero-order valence-electron chi connectivity index (χ0n) is 9.40. The fraction of sp³-hybridized carbons (Fsp3) is 0.583. The van der Waals surface area contributed by atoms with Crippen molar-refractivity contribution in [3.8, 4) is 0 Å². The molecule has 4 heteroatoms. The van der Waals surface area contributed by atoms with Crippen LogP contribution in [0.15, 0.2) is 16.5 Å². The number of rotatable bonds is 6. The Morgan fingerprint density at radius 3 is 2.94 bits per heavy atom. The minimum atomic E-state index is -1.02. The highest BCUT2D eigenvalue weighted by molar-refractivity contribution is 5.84. The van der Waals surface area contributed by atoms with E-state index in [0.29, 0.717) is 18.2 Å². The summed E-state index contributed by atoms with van der Waals surface area (Å²) >= 11 is 0. The van der Waals surface area contributed by atoms with Crippen molar-refractivity contribution < 1.29 is 14.3 Å². The maximum atomic E-state index is 10.6. The van der Waals surface area contributed by atoms with Crippen LogP contribution in [-0.4, -0.2) is 17.6 Å². The molecule has 1 heterocycles. The Morgan fingerprint density at radius 2 is 2.38 bits per heavy atom. The first kappa shape index (κ1) is 11.2. The van der Waals surface area contributed by atoms with Crippen molar-refractivity contribution in [1.82, 2.24) is 5.32 Å². The molecule has 16 heavy (non-hydrogen) atoms. The van der Waals surface area contributed by atoms with Gasteiger partial charge in [-0.3, -0.25) is 0 Å². The van der Waals surface area contributed by atoms with Crippen molar-refractivity contribution in [3.05, 3.63) is 23.7 Å². The lowest BCUT2D eigenvalue weighted by atomic mass is 10.1. The molecule has 1 saturated carbocycles. The Bertz CT molecular complexity index is 368. The van der Waals surface area contributed by atoms with E-state index in [9.17, 15) is 4.79 Å². The predicted octanol–water partition coefficient (Wildman–Crippen LogP) is 2.11. The third-order valence-electron chi connectivity index (χ3n) is 3.06. The van der Waals surface area contributed by atoms with Gasteiger partial charge in [0.15, 0.2) is 0 Å². The molecular formula is C12H17NO3. The molecule has 1 unspecified atom stereocenters. The number of hydrogen-bond donors (Lipinski definition) is 2. The maximum Gasteiger partial charge on any atom is 0.371 e. The van der Waals surface area contributed by atoms with E-state index in [2.05, 4.69) is 12.2 Å². The van der Waals surface area contributed by atoms with Crippen molar-refractivity contribution in [3.63, 3.8) is 0 Å². The summed E-state index contributed by atoms with van der Waals surface area (Å²) in [6.45, 7) is 3.81. The SMILES string of the molecule is CC(CNCc1ccc(C(=O)O)o1)C1CC1. The summed E-state index contributed by atoms with van der Waals surface area (Å²) in [6.07, 6.45) is 2.71. The normalized spacial score (nSPS) is 17.3. The molecule has 88 valence electrons. The Labute approximate surface area is 94.6 Å². The molecule has 0 amide bonds. The maximum absolute atomic E-state index is 10.6. The lowest BCUT2D eigenvalue weighted by Gasteiger charge is -2.09. The molecule has 4 nitrogen and oxygen atoms in total. The molecule has 2 rings (SSSR count). The third-order valence-corrected chi connectivity index (χ3v) is 3.06. The van der Waals surface area contributed by atoms with Crippen molar-refractivity contribution in [2.75, 3.05) is 6.54 Å². The summed E-state index contributed by atoms with van der Waals surface area (Å²) in [4.78, 5) is 10.6. The van der Waals surface area contributed by atoms with Crippen LogP contribution in [0.4, 0.5) is 0 Å². The summed E-state index contributed by atoms with van der Waals surface area (Å²) in [5, 5.41) is 12.0. The van der Waals surface area contributed by atoms with Crippen LogP contribution in [-0.2, 0) is 6.54 Å². The minimum absolute atomic E-state index is 0.00652. The van der Waals surface area contributed by atoms with Gasteiger partial charge in [0, 0.05) is 0 Å². The third kappa shape index (κ3) is 2.85. The van der Waals surface area contributed by atoms with E-state index < -0.39 is 5.97 Å². The number of carbonyl (C=O) groups is 1. The van der Waals surface area contributed by atoms with Gasteiger partial charge in [0.25, 0.3) is 0 Å². The number of aromatic carboxylic acids is 1. The highest BCUT2D eigenvalue weighted by Gasteiger charge is 2.27. The molecule has 2 N–H and O–H groups in total. The van der Waals surface area contributed by atoms with E-state index in [0.717, 1.165) is 12.5 Å². The van der Waals surface area contributed by atoms with Crippen LogP contribution in [0, 0.1) is 11.8 Å². The van der Waals surface area contributed by atoms with Gasteiger partial charge in [-0.1, -0.05) is 6.92 Å². The number of nitrogens with one attached hydrogen (secondary N) is 1. The van der Waals surface area contributed by atoms with Crippen molar-refractivity contribution in [1.29, 1.82) is 0 Å². The molecule has 0 spiro atoms. The summed E-state index contributed by atoms with van der Waals surface area (Å²) in [5.74, 6) is 1.26. The quantitative estimate of drug-likeness (QED) is 0.775. The van der Waals surface area contributed by atoms with Gasteiger partial charge in [0.2, 0.25) is 5.76 Å². The first-order valence-electron chi connectivity index (χ1n) is 5.69. The summed E-state index contributed by atoms with van der Waals surface area (Å²) < 4.78 is 5.14. The van der Waals surface area contributed by atoms with Gasteiger partial charge in [-0.05, 0) is 43.4 Å². The molecule has 0 aromatic carbocycles. The minimum Gasteiger partial charge on any atom is -0.475 e. The van der Waals surface area contributed by atoms with Gasteiger partial charge in [0.1, 0.15) is 5.76 Å². The molecule has 1 aromatic heterocycles. The number of hydrogen-bond acceptors (Lipinski definition) is 3. The molecule has 1 aromatic rings. The van der Waals surface area contributed by atoms with E-state index in [1.807, 2.05) is 0 Å².